The van der Waals surface area contributed by atoms with Gasteiger partial charge in [0.05, 0.1) is 6.07 Å². The predicted octanol–water partition coefficient (Wildman–Crippen LogP) is 1.47. The Bertz CT molecular complexity index is 236. The number of rotatable bonds is 4. The maximum absolute atomic E-state index is 9.03. The predicted molar refractivity (Wildman–Crippen MR) is 62.5 cm³/mol. The van der Waals surface area contributed by atoms with E-state index in [2.05, 4.69) is 30.1 Å². The minimum Gasteiger partial charge on any atom is -0.303 e. The third kappa shape index (κ3) is 3.19. The van der Waals surface area contributed by atoms with Crippen molar-refractivity contribution in [2.45, 2.75) is 32.7 Å². The van der Waals surface area contributed by atoms with Crippen LogP contribution in [-0.4, -0.2) is 37.1 Å². The van der Waals surface area contributed by atoms with Crippen molar-refractivity contribution in [1.82, 2.24) is 10.2 Å². The van der Waals surface area contributed by atoms with Crippen LogP contribution in [0.3, 0.4) is 0 Å². The van der Waals surface area contributed by atoms with Crippen molar-refractivity contribution in [3.63, 3.8) is 0 Å². The van der Waals surface area contributed by atoms with Crippen LogP contribution in [0.4, 0.5) is 0 Å². The van der Waals surface area contributed by atoms with Gasteiger partial charge in [-0.15, -0.1) is 0 Å². The summed E-state index contributed by atoms with van der Waals surface area (Å²) in [7, 11) is 1.86. The van der Waals surface area contributed by atoms with E-state index in [-0.39, 0.29) is 5.54 Å². The van der Waals surface area contributed by atoms with Crippen LogP contribution in [0, 0.1) is 23.2 Å². The molecule has 0 amide bonds. The topological polar surface area (TPSA) is 39.1 Å². The average Bonchev–Trinajstić information content (AvgIpc) is 2.55. The largest absolute Gasteiger partial charge is 0.303 e. The number of nitriles is 1. The Kier molecular flexibility index (Phi) is 4.12. The van der Waals surface area contributed by atoms with Gasteiger partial charge in [0, 0.05) is 19.6 Å². The zero-order valence-electron chi connectivity index (χ0n) is 10.4. The van der Waals surface area contributed by atoms with Crippen LogP contribution in [0.2, 0.25) is 0 Å². The minimum absolute atomic E-state index is 0.366. The van der Waals surface area contributed by atoms with Crippen molar-refractivity contribution in [2.75, 3.05) is 26.7 Å². The minimum atomic E-state index is -0.366. The highest BCUT2D eigenvalue weighted by Gasteiger charge is 2.28. The number of likely N-dealkylation sites (tertiary alicyclic amines) is 1. The van der Waals surface area contributed by atoms with Gasteiger partial charge in [-0.05, 0) is 32.2 Å². The molecule has 1 N–H and O–H groups in total. The van der Waals surface area contributed by atoms with Crippen molar-refractivity contribution < 1.29 is 0 Å². The summed E-state index contributed by atoms with van der Waals surface area (Å²) in [6.07, 6.45) is 0.902. The Morgan fingerprint density at radius 2 is 1.93 bits per heavy atom. The van der Waals surface area contributed by atoms with Crippen LogP contribution >= 0.6 is 0 Å². The smallest absolute Gasteiger partial charge is 0.104 e. The molecule has 3 unspecified atom stereocenters. The number of hydrogen-bond donors (Lipinski definition) is 1. The van der Waals surface area contributed by atoms with E-state index < -0.39 is 0 Å². The highest BCUT2D eigenvalue weighted by Crippen LogP contribution is 2.23. The van der Waals surface area contributed by atoms with Gasteiger partial charge < -0.3 is 10.2 Å². The molecule has 0 spiro atoms. The van der Waals surface area contributed by atoms with Crippen molar-refractivity contribution in [1.29, 1.82) is 5.26 Å². The highest BCUT2D eigenvalue weighted by molar-refractivity contribution is 5.03. The van der Waals surface area contributed by atoms with E-state index in [0.717, 1.165) is 24.8 Å². The van der Waals surface area contributed by atoms with Crippen LogP contribution in [0.15, 0.2) is 0 Å². The van der Waals surface area contributed by atoms with Crippen LogP contribution in [-0.2, 0) is 0 Å². The molecule has 1 fully saturated rings. The molecule has 0 radical (unpaired) electrons. The van der Waals surface area contributed by atoms with E-state index in [4.69, 9.17) is 5.26 Å². The highest BCUT2D eigenvalue weighted by atomic mass is 15.2. The lowest BCUT2D eigenvalue weighted by molar-refractivity contribution is 0.286. The van der Waals surface area contributed by atoms with Gasteiger partial charge in [0.2, 0.25) is 0 Å². The van der Waals surface area contributed by atoms with Crippen molar-refractivity contribution in [3.8, 4) is 6.07 Å². The van der Waals surface area contributed by atoms with Gasteiger partial charge in [-0.3, -0.25) is 0 Å². The fourth-order valence-electron chi connectivity index (χ4n) is 2.05. The second kappa shape index (κ2) is 4.96. The summed E-state index contributed by atoms with van der Waals surface area (Å²) < 4.78 is 0. The third-order valence-electron chi connectivity index (χ3n) is 3.79. The zero-order valence-corrected chi connectivity index (χ0v) is 10.4. The molecule has 1 saturated heterocycles. The first-order chi connectivity index (χ1) is 7.00. The number of hydrogen-bond acceptors (Lipinski definition) is 3. The number of nitrogens with zero attached hydrogens (tertiary/aromatic N) is 2. The maximum Gasteiger partial charge on any atom is 0.104 e. The summed E-state index contributed by atoms with van der Waals surface area (Å²) in [5.41, 5.74) is -0.366. The molecule has 0 aliphatic carbocycles. The van der Waals surface area contributed by atoms with E-state index in [1.807, 2.05) is 14.0 Å². The summed E-state index contributed by atoms with van der Waals surface area (Å²) in [5, 5.41) is 12.1. The number of nitrogens with one attached hydrogen (secondary N) is 1. The SMILES string of the molecule is CNC(C)(C#N)CCN1CC(C)C(C)C1. The van der Waals surface area contributed by atoms with Crippen molar-refractivity contribution >= 4 is 0 Å². The first kappa shape index (κ1) is 12.5. The summed E-state index contributed by atoms with van der Waals surface area (Å²) >= 11 is 0. The molecule has 1 rings (SSSR count). The lowest BCUT2D eigenvalue weighted by Crippen LogP contribution is -2.41. The molecule has 0 aromatic rings. The summed E-state index contributed by atoms with van der Waals surface area (Å²) in [5.74, 6) is 1.60. The van der Waals surface area contributed by atoms with Crippen molar-refractivity contribution in [3.05, 3.63) is 0 Å². The molecule has 1 aliphatic heterocycles. The lowest BCUT2D eigenvalue weighted by atomic mass is 10.0. The molecule has 0 aromatic heterocycles. The van der Waals surface area contributed by atoms with Crippen LogP contribution in [0.25, 0.3) is 0 Å². The van der Waals surface area contributed by atoms with Crippen LogP contribution in [0.5, 0.6) is 0 Å². The normalized spacial score (nSPS) is 31.1. The van der Waals surface area contributed by atoms with E-state index in [9.17, 15) is 0 Å². The third-order valence-corrected chi connectivity index (χ3v) is 3.79. The molecule has 0 aromatic carbocycles. The standard InChI is InChI=1S/C12H23N3/c1-10-7-15(8-11(10)2)6-5-12(3,9-13)14-4/h10-11,14H,5-8H2,1-4H3. The second-order valence-corrected chi connectivity index (χ2v) is 5.16. The molecule has 3 nitrogen and oxygen atoms in total. The second-order valence-electron chi connectivity index (χ2n) is 5.16. The molecule has 3 atom stereocenters. The first-order valence-corrected chi connectivity index (χ1v) is 5.83. The molecule has 1 heterocycles. The van der Waals surface area contributed by atoms with E-state index in [1.54, 1.807) is 0 Å². The van der Waals surface area contributed by atoms with Gasteiger partial charge in [-0.2, -0.15) is 5.26 Å². The van der Waals surface area contributed by atoms with Gasteiger partial charge >= 0.3 is 0 Å². The summed E-state index contributed by atoms with van der Waals surface area (Å²) in [6, 6.07) is 2.34. The monoisotopic (exact) mass is 209 g/mol. The Hall–Kier alpha value is -0.590. The van der Waals surface area contributed by atoms with Crippen molar-refractivity contribution in [2.24, 2.45) is 11.8 Å². The van der Waals surface area contributed by atoms with Gasteiger partial charge in [-0.1, -0.05) is 13.8 Å². The fourth-order valence-corrected chi connectivity index (χ4v) is 2.05. The fraction of sp³-hybridized carbons (Fsp3) is 0.917. The summed E-state index contributed by atoms with van der Waals surface area (Å²) in [4.78, 5) is 2.47. The molecule has 0 bridgehead atoms. The Balaban J connectivity index is 2.36. The Morgan fingerprint density at radius 3 is 2.33 bits per heavy atom. The van der Waals surface area contributed by atoms with Gasteiger partial charge in [0.25, 0.3) is 0 Å². The van der Waals surface area contributed by atoms with Gasteiger partial charge in [-0.25, -0.2) is 0 Å². The average molecular weight is 209 g/mol. The molecule has 0 saturated carbocycles. The zero-order chi connectivity index (χ0) is 11.5. The van der Waals surface area contributed by atoms with E-state index >= 15 is 0 Å². The van der Waals surface area contributed by atoms with Crippen LogP contribution in [0.1, 0.15) is 27.2 Å². The first-order valence-electron chi connectivity index (χ1n) is 5.83. The lowest BCUT2D eigenvalue weighted by Gasteiger charge is -2.24. The molecule has 86 valence electrons. The van der Waals surface area contributed by atoms with Crippen LogP contribution < -0.4 is 5.32 Å². The Morgan fingerprint density at radius 1 is 1.40 bits per heavy atom. The molecule has 3 heteroatoms. The molecule has 1 aliphatic rings. The molecular weight excluding hydrogens is 186 g/mol. The molecule has 15 heavy (non-hydrogen) atoms. The maximum atomic E-state index is 9.03. The molecular formula is C12H23N3. The van der Waals surface area contributed by atoms with Gasteiger partial charge in [0.1, 0.15) is 5.54 Å². The van der Waals surface area contributed by atoms with E-state index in [0.29, 0.717) is 0 Å². The Labute approximate surface area is 93.5 Å². The quantitative estimate of drug-likeness (QED) is 0.762. The van der Waals surface area contributed by atoms with E-state index in [1.165, 1.54) is 13.1 Å². The summed E-state index contributed by atoms with van der Waals surface area (Å²) in [6.45, 7) is 9.99. The van der Waals surface area contributed by atoms with Gasteiger partial charge in [0.15, 0.2) is 0 Å².